The lowest BCUT2D eigenvalue weighted by Gasteiger charge is -2.34. The van der Waals surface area contributed by atoms with Gasteiger partial charge in [-0.05, 0) is 57.4 Å². The number of ether oxygens (including phenoxy) is 1. The first-order valence-corrected chi connectivity index (χ1v) is 10.1. The number of amides is 1. The highest BCUT2D eigenvalue weighted by Crippen LogP contribution is 2.31. The van der Waals surface area contributed by atoms with E-state index in [0.717, 1.165) is 0 Å². The Labute approximate surface area is 181 Å². The van der Waals surface area contributed by atoms with Crippen molar-refractivity contribution in [3.63, 3.8) is 0 Å². The molecule has 31 heavy (non-hydrogen) atoms. The van der Waals surface area contributed by atoms with Crippen molar-refractivity contribution in [1.82, 2.24) is 10.3 Å². The molecule has 7 nitrogen and oxygen atoms in total. The van der Waals surface area contributed by atoms with Gasteiger partial charge in [-0.1, -0.05) is 6.07 Å². The monoisotopic (exact) mass is 421 g/mol. The fourth-order valence-electron chi connectivity index (χ4n) is 3.52. The summed E-state index contributed by atoms with van der Waals surface area (Å²) >= 11 is 0. The highest BCUT2D eigenvalue weighted by Gasteiger charge is 2.26. The number of aromatic nitrogens is 1. The number of piperidine rings is 1. The molecule has 0 saturated carbocycles. The molecule has 2 aromatic rings. The van der Waals surface area contributed by atoms with E-state index in [1.54, 1.807) is 24.4 Å². The summed E-state index contributed by atoms with van der Waals surface area (Å²) in [7, 11) is 0. The van der Waals surface area contributed by atoms with Gasteiger partial charge in [-0.3, -0.25) is 0 Å². The van der Waals surface area contributed by atoms with Crippen LogP contribution < -0.4 is 10.2 Å². The maximum absolute atomic E-state index is 14.1. The Kier molecular flexibility index (Phi) is 6.41. The summed E-state index contributed by atoms with van der Waals surface area (Å²) in [4.78, 5) is 18.4. The molecule has 0 spiro atoms. The van der Waals surface area contributed by atoms with Crippen molar-refractivity contribution in [3.05, 3.63) is 47.4 Å². The van der Waals surface area contributed by atoms with Gasteiger partial charge in [-0.2, -0.15) is 10.5 Å². The van der Waals surface area contributed by atoms with Crippen molar-refractivity contribution in [2.45, 2.75) is 45.3 Å². The molecule has 8 heteroatoms. The molecule has 1 N–H and O–H groups in total. The summed E-state index contributed by atoms with van der Waals surface area (Å²) in [5.74, 6) is -0.100. The van der Waals surface area contributed by atoms with Crippen molar-refractivity contribution in [1.29, 1.82) is 10.5 Å². The Morgan fingerprint density at radius 3 is 2.52 bits per heavy atom. The number of benzene rings is 1. The predicted molar refractivity (Wildman–Crippen MR) is 114 cm³/mol. The quantitative estimate of drug-likeness (QED) is 0.800. The van der Waals surface area contributed by atoms with Crippen molar-refractivity contribution >= 4 is 11.9 Å². The highest BCUT2D eigenvalue weighted by atomic mass is 19.1. The first-order chi connectivity index (χ1) is 14.7. The van der Waals surface area contributed by atoms with E-state index in [9.17, 15) is 14.4 Å². The largest absolute Gasteiger partial charge is 0.444 e. The fourth-order valence-corrected chi connectivity index (χ4v) is 3.52. The highest BCUT2D eigenvalue weighted by molar-refractivity contribution is 5.76. The Morgan fingerprint density at radius 2 is 1.94 bits per heavy atom. The lowest BCUT2D eigenvalue weighted by molar-refractivity contribution is 0.0497. The van der Waals surface area contributed by atoms with Gasteiger partial charge in [-0.15, -0.1) is 0 Å². The van der Waals surface area contributed by atoms with Crippen molar-refractivity contribution < 1.29 is 13.9 Å². The van der Waals surface area contributed by atoms with E-state index in [0.29, 0.717) is 48.4 Å². The minimum Gasteiger partial charge on any atom is -0.444 e. The number of nitrogens with zero attached hydrogens (tertiary/aromatic N) is 4. The number of pyridine rings is 1. The SMILES string of the molecule is CC(C)(C)OC(=O)NC1CCN(c2nccc(-c3ccc(C#N)c(F)c3)c2C#N)CC1. The zero-order valence-corrected chi connectivity index (χ0v) is 17.8. The van der Waals surface area contributed by atoms with Crippen LogP contribution in [-0.2, 0) is 4.74 Å². The second kappa shape index (κ2) is 9.01. The smallest absolute Gasteiger partial charge is 0.407 e. The average molecular weight is 421 g/mol. The molecule has 2 heterocycles. The minimum atomic E-state index is -0.628. The Morgan fingerprint density at radius 1 is 1.23 bits per heavy atom. The third-order valence-corrected chi connectivity index (χ3v) is 4.96. The van der Waals surface area contributed by atoms with Crippen LogP contribution >= 0.6 is 0 Å². The predicted octanol–water partition coefficient (Wildman–Crippen LogP) is 4.12. The number of carbonyl (C=O) groups excluding carboxylic acids is 1. The molecule has 1 aromatic heterocycles. The number of halogens is 1. The first kappa shape index (κ1) is 22.0. The maximum Gasteiger partial charge on any atom is 0.407 e. The van der Waals surface area contributed by atoms with E-state index >= 15 is 0 Å². The first-order valence-electron chi connectivity index (χ1n) is 10.1. The summed E-state index contributed by atoms with van der Waals surface area (Å²) in [6, 6.07) is 9.92. The van der Waals surface area contributed by atoms with Gasteiger partial charge in [0.1, 0.15) is 34.9 Å². The Balaban J connectivity index is 1.76. The lowest BCUT2D eigenvalue weighted by atomic mass is 9.98. The van der Waals surface area contributed by atoms with Crippen LogP contribution in [0.3, 0.4) is 0 Å². The molecule has 0 unspecified atom stereocenters. The van der Waals surface area contributed by atoms with Crippen LogP contribution in [-0.4, -0.2) is 35.8 Å². The molecule has 3 rings (SSSR count). The lowest BCUT2D eigenvalue weighted by Crippen LogP contribution is -2.46. The molecule has 1 amide bonds. The average Bonchev–Trinajstić information content (AvgIpc) is 2.72. The topological polar surface area (TPSA) is 102 Å². The van der Waals surface area contributed by atoms with E-state index in [2.05, 4.69) is 16.4 Å². The van der Waals surface area contributed by atoms with E-state index in [1.165, 1.54) is 12.1 Å². The number of alkyl carbamates (subject to hydrolysis) is 1. The van der Waals surface area contributed by atoms with Gasteiger partial charge in [0, 0.05) is 30.9 Å². The molecule has 1 fully saturated rings. The van der Waals surface area contributed by atoms with Gasteiger partial charge >= 0.3 is 6.09 Å². The number of nitrogens with one attached hydrogen (secondary N) is 1. The number of rotatable bonds is 3. The summed E-state index contributed by atoms with van der Waals surface area (Å²) in [5, 5.41) is 21.6. The van der Waals surface area contributed by atoms with Crippen molar-refractivity contribution in [2.24, 2.45) is 0 Å². The van der Waals surface area contributed by atoms with Crippen LogP contribution in [0.25, 0.3) is 11.1 Å². The van der Waals surface area contributed by atoms with Gasteiger partial charge < -0.3 is 15.0 Å². The molecule has 0 aliphatic carbocycles. The zero-order chi connectivity index (χ0) is 22.6. The molecule has 0 bridgehead atoms. The normalized spacial score (nSPS) is 14.5. The van der Waals surface area contributed by atoms with E-state index < -0.39 is 17.5 Å². The number of nitriles is 2. The molecule has 160 valence electrons. The molecule has 1 aliphatic rings. The van der Waals surface area contributed by atoms with Crippen LogP contribution in [0.5, 0.6) is 0 Å². The molecule has 1 aliphatic heterocycles. The van der Waals surface area contributed by atoms with Gasteiger partial charge in [0.15, 0.2) is 0 Å². The summed E-state index contributed by atoms with van der Waals surface area (Å²) in [6.07, 6.45) is 2.52. The van der Waals surface area contributed by atoms with Crippen LogP contribution in [0.4, 0.5) is 15.0 Å². The number of hydrogen-bond donors (Lipinski definition) is 1. The number of anilines is 1. The Hall–Kier alpha value is -3.65. The van der Waals surface area contributed by atoms with E-state index in [4.69, 9.17) is 10.00 Å². The second-order valence-electron chi connectivity index (χ2n) is 8.38. The van der Waals surface area contributed by atoms with Gasteiger partial charge in [0.25, 0.3) is 0 Å². The minimum absolute atomic E-state index is 0.0209. The van der Waals surface area contributed by atoms with Crippen molar-refractivity contribution in [3.8, 4) is 23.3 Å². The van der Waals surface area contributed by atoms with E-state index in [1.807, 2.05) is 25.7 Å². The van der Waals surface area contributed by atoms with Gasteiger partial charge in [-0.25, -0.2) is 14.2 Å². The number of carbonyl (C=O) groups is 1. The molecular formula is C23H24FN5O2. The van der Waals surface area contributed by atoms with Gasteiger partial charge in [0.2, 0.25) is 0 Å². The molecular weight excluding hydrogens is 397 g/mol. The second-order valence-corrected chi connectivity index (χ2v) is 8.38. The number of hydrogen-bond acceptors (Lipinski definition) is 6. The third kappa shape index (κ3) is 5.29. The van der Waals surface area contributed by atoms with Crippen molar-refractivity contribution in [2.75, 3.05) is 18.0 Å². The molecule has 0 radical (unpaired) electrons. The zero-order valence-electron chi connectivity index (χ0n) is 17.8. The standard InChI is InChI=1S/C23H24FN5O2/c1-23(2,3)31-22(30)28-17-7-10-29(11-8-17)21-19(14-26)18(6-9-27-21)15-4-5-16(13-25)20(24)12-15/h4-6,9,12,17H,7-8,10-11H2,1-3H3,(H,28,30). The van der Waals surface area contributed by atoms with Gasteiger partial charge in [0.05, 0.1) is 5.56 Å². The third-order valence-electron chi connectivity index (χ3n) is 4.96. The van der Waals surface area contributed by atoms with E-state index in [-0.39, 0.29) is 11.6 Å². The summed E-state index contributed by atoms with van der Waals surface area (Å²) in [6.45, 7) is 6.66. The molecule has 1 aromatic carbocycles. The van der Waals surface area contributed by atoms with Crippen LogP contribution in [0, 0.1) is 28.5 Å². The van der Waals surface area contributed by atoms with Crippen LogP contribution in [0.15, 0.2) is 30.5 Å². The van der Waals surface area contributed by atoms with Crippen LogP contribution in [0.1, 0.15) is 44.7 Å². The Bertz CT molecular complexity index is 1060. The summed E-state index contributed by atoms with van der Waals surface area (Å²) < 4.78 is 19.4. The molecule has 0 atom stereocenters. The summed E-state index contributed by atoms with van der Waals surface area (Å²) in [5.41, 5.74) is 0.825. The maximum atomic E-state index is 14.1. The van der Waals surface area contributed by atoms with Crippen LogP contribution in [0.2, 0.25) is 0 Å². The molecule has 1 saturated heterocycles. The fraction of sp³-hybridized carbons (Fsp3) is 0.391.